The monoisotopic (exact) mass is 370 g/mol. The van der Waals surface area contributed by atoms with Crippen molar-refractivity contribution in [2.24, 2.45) is 0 Å². The summed E-state index contributed by atoms with van der Waals surface area (Å²) in [5.74, 6) is -0.0768. The van der Waals surface area contributed by atoms with E-state index in [0.29, 0.717) is 17.3 Å². The number of nitrogens with zero attached hydrogens (tertiary/aromatic N) is 4. The summed E-state index contributed by atoms with van der Waals surface area (Å²) < 4.78 is 1.60. The lowest BCUT2D eigenvalue weighted by Gasteiger charge is -2.23. The molecule has 4 rings (SSSR count). The smallest absolute Gasteiger partial charge is 0.238 e. The van der Waals surface area contributed by atoms with Gasteiger partial charge >= 0.3 is 0 Å². The minimum Gasteiger partial charge on any atom is -0.364 e. The summed E-state index contributed by atoms with van der Waals surface area (Å²) in [6.07, 6.45) is 7.09. The van der Waals surface area contributed by atoms with Gasteiger partial charge in [0.25, 0.3) is 0 Å². The number of nitrogens with one attached hydrogen (secondary N) is 2. The zero-order valence-corrected chi connectivity index (χ0v) is 14.9. The number of H-pyrrole nitrogens is 1. The fourth-order valence-corrected chi connectivity index (χ4v) is 3.61. The number of hydrogen-bond donors (Lipinski definition) is 2. The quantitative estimate of drug-likeness (QED) is 0.723. The minimum absolute atomic E-state index is 0.0768. The molecular formula is C18H19ClN6O. The highest BCUT2D eigenvalue weighted by molar-refractivity contribution is 6.31. The fraction of sp³-hybridized carbons (Fsp3) is 0.278. The maximum atomic E-state index is 12.7. The number of anilines is 1. The average molecular weight is 371 g/mol. The Kier molecular flexibility index (Phi) is 4.73. The number of benzene rings is 1. The molecule has 1 fully saturated rings. The lowest BCUT2D eigenvalue weighted by molar-refractivity contribution is -0.117. The molecule has 7 nitrogen and oxygen atoms in total. The lowest BCUT2D eigenvalue weighted by Crippen LogP contribution is -2.33. The molecule has 0 aliphatic carbocycles. The fourth-order valence-electron chi connectivity index (χ4n) is 3.43. The van der Waals surface area contributed by atoms with Gasteiger partial charge in [-0.2, -0.15) is 5.10 Å². The van der Waals surface area contributed by atoms with E-state index in [4.69, 9.17) is 11.6 Å². The third kappa shape index (κ3) is 3.49. The van der Waals surface area contributed by atoms with Gasteiger partial charge in [0.05, 0.1) is 24.0 Å². The van der Waals surface area contributed by atoms with E-state index in [2.05, 4.69) is 31.3 Å². The van der Waals surface area contributed by atoms with E-state index in [1.54, 1.807) is 23.1 Å². The van der Waals surface area contributed by atoms with Crippen LogP contribution in [0.15, 0.2) is 49.2 Å². The van der Waals surface area contributed by atoms with Gasteiger partial charge < -0.3 is 10.3 Å². The maximum Gasteiger partial charge on any atom is 0.238 e. The summed E-state index contributed by atoms with van der Waals surface area (Å²) in [6.45, 7) is 1.23. The second-order valence-corrected chi connectivity index (χ2v) is 6.74. The second-order valence-electron chi connectivity index (χ2n) is 6.30. The molecule has 0 spiro atoms. The largest absolute Gasteiger partial charge is 0.364 e. The van der Waals surface area contributed by atoms with Gasteiger partial charge in [-0.3, -0.25) is 9.69 Å². The molecule has 8 heteroatoms. The first-order chi connectivity index (χ1) is 12.7. The number of carbonyl (C=O) groups excluding carboxylic acids is 1. The Morgan fingerprint density at radius 1 is 1.38 bits per heavy atom. The van der Waals surface area contributed by atoms with Crippen molar-refractivity contribution in [2.45, 2.75) is 18.9 Å². The van der Waals surface area contributed by atoms with Crippen molar-refractivity contribution >= 4 is 23.2 Å². The summed E-state index contributed by atoms with van der Waals surface area (Å²) in [7, 11) is 0. The van der Waals surface area contributed by atoms with Crippen LogP contribution < -0.4 is 5.32 Å². The third-order valence-electron chi connectivity index (χ3n) is 4.59. The molecule has 0 radical (unpaired) electrons. The topological polar surface area (TPSA) is 78.8 Å². The molecule has 1 aliphatic heterocycles. The van der Waals surface area contributed by atoms with Gasteiger partial charge in [0.15, 0.2) is 0 Å². The highest BCUT2D eigenvalue weighted by Crippen LogP contribution is 2.31. The molecule has 134 valence electrons. The molecular weight excluding hydrogens is 352 g/mol. The van der Waals surface area contributed by atoms with Crippen LogP contribution in [-0.2, 0) is 4.79 Å². The van der Waals surface area contributed by atoms with Gasteiger partial charge in [-0.25, -0.2) is 9.67 Å². The molecule has 2 N–H and O–H groups in total. The first-order valence-electron chi connectivity index (χ1n) is 8.52. The number of aromatic nitrogens is 4. The number of amides is 1. The first-order valence-corrected chi connectivity index (χ1v) is 8.90. The molecule has 1 unspecified atom stereocenters. The van der Waals surface area contributed by atoms with Crippen LogP contribution in [0.5, 0.6) is 0 Å². The summed E-state index contributed by atoms with van der Waals surface area (Å²) in [6, 6.07) is 9.61. The Labute approximate surface area is 156 Å². The molecule has 2 aromatic heterocycles. The van der Waals surface area contributed by atoms with E-state index in [1.165, 1.54) is 6.33 Å². The van der Waals surface area contributed by atoms with Crippen LogP contribution >= 0.6 is 11.6 Å². The van der Waals surface area contributed by atoms with E-state index in [9.17, 15) is 4.79 Å². The van der Waals surface area contributed by atoms with Crippen LogP contribution in [0.25, 0.3) is 5.69 Å². The lowest BCUT2D eigenvalue weighted by atomic mass is 10.1. The summed E-state index contributed by atoms with van der Waals surface area (Å²) in [5, 5.41) is 7.65. The van der Waals surface area contributed by atoms with Gasteiger partial charge in [0.2, 0.25) is 5.91 Å². The van der Waals surface area contributed by atoms with Gasteiger partial charge in [0, 0.05) is 16.9 Å². The Hall–Kier alpha value is -2.64. The molecule has 1 aliphatic rings. The van der Waals surface area contributed by atoms with Crippen molar-refractivity contribution in [3.8, 4) is 5.69 Å². The standard InChI is InChI=1S/C18H19ClN6O/c19-13-5-6-17(25-12-20-11-22-25)15(9-13)23-18(26)10-24-8-2-4-16(24)14-3-1-7-21-14/h1,3,5-7,9,11-12,16,21H,2,4,8,10H2,(H,23,26). The molecule has 1 atom stereocenters. The molecule has 1 aromatic carbocycles. The van der Waals surface area contributed by atoms with Crippen LogP contribution in [-0.4, -0.2) is 43.6 Å². The van der Waals surface area contributed by atoms with Crippen molar-refractivity contribution in [1.29, 1.82) is 0 Å². The Morgan fingerprint density at radius 2 is 2.31 bits per heavy atom. The zero-order chi connectivity index (χ0) is 17.9. The van der Waals surface area contributed by atoms with Crippen molar-refractivity contribution < 1.29 is 4.79 Å². The highest BCUT2D eigenvalue weighted by atomic mass is 35.5. The third-order valence-corrected chi connectivity index (χ3v) is 4.82. The van der Waals surface area contributed by atoms with E-state index < -0.39 is 0 Å². The van der Waals surface area contributed by atoms with Crippen molar-refractivity contribution in [1.82, 2.24) is 24.6 Å². The van der Waals surface area contributed by atoms with Crippen molar-refractivity contribution in [3.05, 3.63) is 59.9 Å². The number of halogens is 1. The number of hydrogen-bond acceptors (Lipinski definition) is 4. The number of rotatable bonds is 5. The molecule has 26 heavy (non-hydrogen) atoms. The average Bonchev–Trinajstić information content (AvgIpc) is 3.37. The van der Waals surface area contributed by atoms with E-state index >= 15 is 0 Å². The number of carbonyl (C=O) groups is 1. The summed E-state index contributed by atoms with van der Waals surface area (Å²) in [5.41, 5.74) is 2.49. The minimum atomic E-state index is -0.0768. The molecule has 3 aromatic rings. The summed E-state index contributed by atoms with van der Waals surface area (Å²) >= 11 is 6.11. The van der Waals surface area contributed by atoms with E-state index in [-0.39, 0.29) is 11.9 Å². The molecule has 1 saturated heterocycles. The SMILES string of the molecule is O=C(CN1CCCC1c1ccc[nH]1)Nc1cc(Cl)ccc1-n1cncn1. The Bertz CT molecular complexity index is 877. The second kappa shape index (κ2) is 7.31. The predicted molar refractivity (Wildman–Crippen MR) is 99.3 cm³/mol. The van der Waals surface area contributed by atoms with Crippen LogP contribution in [0.1, 0.15) is 24.6 Å². The van der Waals surface area contributed by atoms with Crippen LogP contribution in [0.2, 0.25) is 5.02 Å². The molecule has 0 saturated carbocycles. The van der Waals surface area contributed by atoms with Gasteiger partial charge in [-0.15, -0.1) is 0 Å². The number of aromatic amines is 1. The van der Waals surface area contributed by atoms with E-state index in [0.717, 1.165) is 30.8 Å². The van der Waals surface area contributed by atoms with Crippen LogP contribution in [0.3, 0.4) is 0 Å². The molecule has 1 amide bonds. The first kappa shape index (κ1) is 16.8. The summed E-state index contributed by atoms with van der Waals surface area (Å²) in [4.78, 5) is 22.1. The molecule has 0 bridgehead atoms. The van der Waals surface area contributed by atoms with E-state index in [1.807, 2.05) is 18.3 Å². The van der Waals surface area contributed by atoms with Crippen molar-refractivity contribution in [2.75, 3.05) is 18.4 Å². The van der Waals surface area contributed by atoms with Gasteiger partial charge in [0.1, 0.15) is 12.7 Å². The van der Waals surface area contributed by atoms with Crippen LogP contribution in [0, 0.1) is 0 Å². The van der Waals surface area contributed by atoms with Gasteiger partial charge in [-0.05, 0) is 49.7 Å². The van der Waals surface area contributed by atoms with Gasteiger partial charge in [-0.1, -0.05) is 11.6 Å². The number of likely N-dealkylation sites (tertiary alicyclic amines) is 1. The maximum absolute atomic E-state index is 12.7. The molecule has 3 heterocycles. The highest BCUT2D eigenvalue weighted by Gasteiger charge is 2.28. The zero-order valence-electron chi connectivity index (χ0n) is 14.1. The normalized spacial score (nSPS) is 17.5. The Morgan fingerprint density at radius 3 is 3.08 bits per heavy atom. The Balaban J connectivity index is 1.49. The van der Waals surface area contributed by atoms with Crippen LogP contribution in [0.4, 0.5) is 5.69 Å². The predicted octanol–water partition coefficient (Wildman–Crippen LogP) is 3.02. The van der Waals surface area contributed by atoms with Crippen molar-refractivity contribution in [3.63, 3.8) is 0 Å².